The van der Waals surface area contributed by atoms with Crippen LogP contribution in [0.4, 0.5) is 0 Å². The number of aromatic amines is 1. The van der Waals surface area contributed by atoms with Crippen LogP contribution < -0.4 is 16.4 Å². The number of aliphatic carboxylic acids is 1. The molecule has 10 heteroatoms. The van der Waals surface area contributed by atoms with E-state index in [4.69, 9.17) is 5.73 Å². The fourth-order valence-electron chi connectivity index (χ4n) is 3.74. The predicted octanol–water partition coefficient (Wildman–Crippen LogP) is -0.266. The average Bonchev–Trinajstić information content (AvgIpc) is 3.39. The van der Waals surface area contributed by atoms with Gasteiger partial charge in [0.15, 0.2) is 0 Å². The zero-order chi connectivity index (χ0) is 22.5. The number of aromatic nitrogens is 1. The Hall–Kier alpha value is -3.40. The van der Waals surface area contributed by atoms with Gasteiger partial charge in [0.25, 0.3) is 0 Å². The number of benzene rings is 1. The summed E-state index contributed by atoms with van der Waals surface area (Å²) in [6.45, 7) is 1.51. The first-order valence-electron chi connectivity index (χ1n) is 10.2. The molecule has 1 saturated heterocycles. The Morgan fingerprint density at radius 3 is 2.71 bits per heavy atom. The molecule has 2 heterocycles. The number of carboxylic acid groups (broad SMARTS) is 1. The topological polar surface area (TPSA) is 158 Å². The number of hydrogen-bond acceptors (Lipinski definition) is 5. The van der Waals surface area contributed by atoms with E-state index in [0.717, 1.165) is 16.5 Å². The van der Waals surface area contributed by atoms with Gasteiger partial charge in [-0.1, -0.05) is 18.2 Å². The highest BCUT2D eigenvalue weighted by Gasteiger charge is 2.34. The van der Waals surface area contributed by atoms with Crippen LogP contribution >= 0.6 is 0 Å². The number of H-pyrrole nitrogens is 1. The molecule has 3 unspecified atom stereocenters. The standard InChI is InChI=1S/C21H27N5O5/c1-12(22)19(28)25-16(9-13-10-23-15-6-3-2-5-14(13)15)20(29)24-11-18(27)26-8-4-7-17(26)21(30)31/h2-3,5-6,10,12,16-17,23H,4,7-9,11,22H2,1H3,(H,24,29)(H,25,28)(H,30,31). The second-order valence-corrected chi connectivity index (χ2v) is 7.71. The summed E-state index contributed by atoms with van der Waals surface area (Å²) in [5, 5.41) is 15.3. The van der Waals surface area contributed by atoms with Crippen LogP contribution in [0, 0.1) is 0 Å². The van der Waals surface area contributed by atoms with Gasteiger partial charge in [0.1, 0.15) is 12.1 Å². The van der Waals surface area contributed by atoms with E-state index in [9.17, 15) is 24.3 Å². The summed E-state index contributed by atoms with van der Waals surface area (Å²) in [5.74, 6) is -2.56. The number of nitrogens with zero attached hydrogens (tertiary/aromatic N) is 1. The lowest BCUT2D eigenvalue weighted by molar-refractivity contribution is -0.148. The Labute approximate surface area is 179 Å². The van der Waals surface area contributed by atoms with E-state index >= 15 is 0 Å². The van der Waals surface area contributed by atoms with Crippen molar-refractivity contribution >= 4 is 34.6 Å². The average molecular weight is 429 g/mol. The molecule has 3 amide bonds. The Morgan fingerprint density at radius 1 is 1.26 bits per heavy atom. The van der Waals surface area contributed by atoms with Crippen molar-refractivity contribution in [3.63, 3.8) is 0 Å². The van der Waals surface area contributed by atoms with Gasteiger partial charge in [-0.25, -0.2) is 4.79 Å². The third-order valence-corrected chi connectivity index (χ3v) is 5.42. The Balaban J connectivity index is 1.69. The van der Waals surface area contributed by atoms with Crippen LogP contribution in [0.15, 0.2) is 30.5 Å². The fraction of sp³-hybridized carbons (Fsp3) is 0.429. The van der Waals surface area contributed by atoms with Crippen LogP contribution in [0.5, 0.6) is 0 Å². The smallest absolute Gasteiger partial charge is 0.326 e. The van der Waals surface area contributed by atoms with E-state index in [1.54, 1.807) is 6.20 Å². The molecule has 1 aromatic carbocycles. The number of para-hydroxylation sites is 1. The molecule has 6 N–H and O–H groups in total. The van der Waals surface area contributed by atoms with Gasteiger partial charge < -0.3 is 31.4 Å². The van der Waals surface area contributed by atoms with Crippen LogP contribution in [0.1, 0.15) is 25.3 Å². The van der Waals surface area contributed by atoms with Gasteiger partial charge in [0.05, 0.1) is 12.6 Å². The molecule has 2 aromatic rings. The Kier molecular flexibility index (Phi) is 6.91. The lowest BCUT2D eigenvalue weighted by Crippen LogP contribution is -2.53. The summed E-state index contributed by atoms with van der Waals surface area (Å²) in [5.41, 5.74) is 7.36. The number of nitrogens with two attached hydrogens (primary N) is 1. The first-order chi connectivity index (χ1) is 14.8. The van der Waals surface area contributed by atoms with E-state index in [2.05, 4.69) is 15.6 Å². The molecular formula is C21H27N5O5. The Bertz CT molecular complexity index is 985. The molecule has 0 aliphatic carbocycles. The minimum Gasteiger partial charge on any atom is -0.480 e. The highest BCUT2D eigenvalue weighted by molar-refractivity contribution is 5.93. The largest absolute Gasteiger partial charge is 0.480 e. The van der Waals surface area contributed by atoms with Gasteiger partial charge in [0.2, 0.25) is 17.7 Å². The monoisotopic (exact) mass is 429 g/mol. The van der Waals surface area contributed by atoms with E-state index in [0.29, 0.717) is 19.4 Å². The minimum absolute atomic E-state index is 0.198. The maximum Gasteiger partial charge on any atom is 0.326 e. The first kappa shape index (κ1) is 22.3. The maximum atomic E-state index is 12.8. The van der Waals surface area contributed by atoms with Gasteiger partial charge in [-0.05, 0) is 31.4 Å². The predicted molar refractivity (Wildman–Crippen MR) is 113 cm³/mol. The molecule has 0 saturated carbocycles. The van der Waals surface area contributed by atoms with Crippen molar-refractivity contribution in [3.8, 4) is 0 Å². The van der Waals surface area contributed by atoms with Gasteiger partial charge >= 0.3 is 5.97 Å². The van der Waals surface area contributed by atoms with Crippen molar-refractivity contribution in [2.45, 2.75) is 44.3 Å². The summed E-state index contributed by atoms with van der Waals surface area (Å²) in [6, 6.07) is 4.96. The van der Waals surface area contributed by atoms with E-state index in [1.807, 2.05) is 24.3 Å². The molecule has 31 heavy (non-hydrogen) atoms. The highest BCUT2D eigenvalue weighted by atomic mass is 16.4. The quantitative estimate of drug-likeness (QED) is 0.389. The summed E-state index contributed by atoms with van der Waals surface area (Å²) in [7, 11) is 0. The number of carbonyl (C=O) groups excluding carboxylic acids is 3. The number of fused-ring (bicyclic) bond motifs is 1. The zero-order valence-corrected chi connectivity index (χ0v) is 17.3. The Morgan fingerprint density at radius 2 is 2.00 bits per heavy atom. The summed E-state index contributed by atoms with van der Waals surface area (Å²) in [6.07, 6.45) is 2.97. The number of carboxylic acids is 1. The lowest BCUT2D eigenvalue weighted by atomic mass is 10.0. The molecule has 1 aliphatic rings. The third-order valence-electron chi connectivity index (χ3n) is 5.42. The van der Waals surface area contributed by atoms with Gasteiger partial charge in [0, 0.05) is 30.1 Å². The summed E-state index contributed by atoms with van der Waals surface area (Å²) in [4.78, 5) is 53.1. The lowest BCUT2D eigenvalue weighted by Gasteiger charge is -2.23. The molecular weight excluding hydrogens is 402 g/mol. The molecule has 1 fully saturated rings. The highest BCUT2D eigenvalue weighted by Crippen LogP contribution is 2.20. The second kappa shape index (κ2) is 9.61. The van der Waals surface area contributed by atoms with Crippen molar-refractivity contribution in [2.75, 3.05) is 13.1 Å². The van der Waals surface area contributed by atoms with Crippen molar-refractivity contribution in [2.24, 2.45) is 5.73 Å². The molecule has 3 rings (SSSR count). The molecule has 10 nitrogen and oxygen atoms in total. The van der Waals surface area contributed by atoms with Gasteiger partial charge in [-0.3, -0.25) is 14.4 Å². The molecule has 1 aliphatic heterocycles. The third kappa shape index (κ3) is 5.21. The van der Waals surface area contributed by atoms with Gasteiger partial charge in [-0.2, -0.15) is 0 Å². The van der Waals surface area contributed by atoms with Crippen LogP contribution in [0.25, 0.3) is 10.9 Å². The van der Waals surface area contributed by atoms with Crippen LogP contribution in [0.3, 0.4) is 0 Å². The van der Waals surface area contributed by atoms with E-state index in [1.165, 1.54) is 11.8 Å². The van der Waals surface area contributed by atoms with Crippen LogP contribution in [-0.4, -0.2) is 69.9 Å². The summed E-state index contributed by atoms with van der Waals surface area (Å²) < 4.78 is 0. The molecule has 0 radical (unpaired) electrons. The van der Waals surface area contributed by atoms with Crippen LogP contribution in [-0.2, 0) is 25.6 Å². The fourth-order valence-corrected chi connectivity index (χ4v) is 3.74. The number of rotatable bonds is 8. The molecule has 0 spiro atoms. The number of nitrogens with one attached hydrogen (secondary N) is 3. The van der Waals surface area contributed by atoms with E-state index < -0.39 is 41.8 Å². The number of carbonyl (C=O) groups is 4. The second-order valence-electron chi connectivity index (χ2n) is 7.71. The van der Waals surface area contributed by atoms with Crippen LogP contribution in [0.2, 0.25) is 0 Å². The SMILES string of the molecule is CC(N)C(=O)NC(Cc1c[nH]c2ccccc12)C(=O)NCC(=O)N1CCCC1C(=O)O. The van der Waals surface area contributed by atoms with Crippen molar-refractivity contribution in [1.29, 1.82) is 0 Å². The van der Waals surface area contributed by atoms with Crippen molar-refractivity contribution < 1.29 is 24.3 Å². The first-order valence-corrected chi connectivity index (χ1v) is 10.2. The molecule has 3 atom stereocenters. The molecule has 166 valence electrons. The number of likely N-dealkylation sites (tertiary alicyclic amines) is 1. The summed E-state index contributed by atoms with van der Waals surface area (Å²) >= 11 is 0. The molecule has 0 bridgehead atoms. The number of amides is 3. The maximum absolute atomic E-state index is 12.8. The van der Waals surface area contributed by atoms with Crippen molar-refractivity contribution in [1.82, 2.24) is 20.5 Å². The minimum atomic E-state index is -1.06. The van der Waals surface area contributed by atoms with Crippen molar-refractivity contribution in [3.05, 3.63) is 36.0 Å². The number of hydrogen-bond donors (Lipinski definition) is 5. The van der Waals surface area contributed by atoms with E-state index in [-0.39, 0.29) is 13.0 Å². The normalized spacial score (nSPS) is 17.9. The van der Waals surface area contributed by atoms with Gasteiger partial charge in [-0.15, -0.1) is 0 Å². The molecule has 1 aromatic heterocycles. The zero-order valence-electron chi connectivity index (χ0n) is 17.3.